The Morgan fingerprint density at radius 3 is 2.55 bits per heavy atom. The number of hydrogen-bond donors (Lipinski definition) is 1. The minimum absolute atomic E-state index is 0.0162. The average Bonchev–Trinajstić information content (AvgIpc) is 2.34. The highest BCUT2D eigenvalue weighted by atomic mass is 16.4. The van der Waals surface area contributed by atoms with Crippen LogP contribution in [0.2, 0.25) is 0 Å². The number of hydrogen-bond acceptors (Lipinski definition) is 5. The summed E-state index contributed by atoms with van der Waals surface area (Å²) >= 11 is 0. The second-order valence-electron chi connectivity index (χ2n) is 2.46. The zero-order chi connectivity index (χ0) is 8.43. The number of ketones is 1. The molecule has 0 aromatic carbocycles. The molecular weight excluding hydrogens is 146 g/mol. The summed E-state index contributed by atoms with van der Waals surface area (Å²) in [4.78, 5) is 11.1. The van der Waals surface area contributed by atoms with Crippen LogP contribution in [-0.2, 0) is 0 Å². The van der Waals surface area contributed by atoms with Crippen LogP contribution in [0.5, 0.6) is 0 Å². The van der Waals surface area contributed by atoms with E-state index >= 15 is 0 Å². The third-order valence-corrected chi connectivity index (χ3v) is 1.18. The molecule has 0 fully saturated rings. The SMILES string of the molecule is CC(C)C(=O)c1nnc(N)o1. The average molecular weight is 155 g/mol. The molecule has 0 radical (unpaired) electrons. The van der Waals surface area contributed by atoms with Crippen LogP contribution < -0.4 is 5.73 Å². The van der Waals surface area contributed by atoms with Crippen molar-refractivity contribution in [1.29, 1.82) is 0 Å². The van der Waals surface area contributed by atoms with Crippen molar-refractivity contribution in [2.24, 2.45) is 5.92 Å². The Kier molecular flexibility index (Phi) is 1.89. The molecule has 0 unspecified atom stereocenters. The molecule has 0 aliphatic carbocycles. The van der Waals surface area contributed by atoms with Gasteiger partial charge < -0.3 is 10.2 Å². The maximum absolute atomic E-state index is 11.1. The van der Waals surface area contributed by atoms with E-state index in [4.69, 9.17) is 10.2 Å². The van der Waals surface area contributed by atoms with Gasteiger partial charge in [-0.05, 0) is 0 Å². The Bertz CT molecular complexity index is 267. The Labute approximate surface area is 63.6 Å². The summed E-state index contributed by atoms with van der Waals surface area (Å²) in [6, 6.07) is -0.0750. The van der Waals surface area contributed by atoms with Crippen LogP contribution in [0.4, 0.5) is 6.01 Å². The fraction of sp³-hybridized carbons (Fsp3) is 0.500. The van der Waals surface area contributed by atoms with Crippen LogP contribution in [-0.4, -0.2) is 16.0 Å². The summed E-state index contributed by atoms with van der Waals surface area (Å²) in [6.07, 6.45) is 0. The molecule has 2 N–H and O–H groups in total. The first-order valence-electron chi connectivity index (χ1n) is 3.24. The van der Waals surface area contributed by atoms with Crippen molar-refractivity contribution >= 4 is 11.8 Å². The normalized spacial score (nSPS) is 10.5. The van der Waals surface area contributed by atoms with Gasteiger partial charge in [0.2, 0.25) is 5.78 Å². The molecule has 0 aliphatic rings. The molecule has 1 rings (SSSR count). The summed E-state index contributed by atoms with van der Waals surface area (Å²) in [5.74, 6) is -0.346. The quantitative estimate of drug-likeness (QED) is 0.628. The zero-order valence-electron chi connectivity index (χ0n) is 6.37. The number of carbonyl (C=O) groups is 1. The van der Waals surface area contributed by atoms with E-state index in [0.29, 0.717) is 0 Å². The number of rotatable bonds is 2. The lowest BCUT2D eigenvalue weighted by atomic mass is 10.1. The lowest BCUT2D eigenvalue weighted by Gasteiger charge is -1.95. The maximum Gasteiger partial charge on any atom is 0.313 e. The molecule has 1 aromatic heterocycles. The van der Waals surface area contributed by atoms with Gasteiger partial charge in [0.05, 0.1) is 0 Å². The van der Waals surface area contributed by atoms with Gasteiger partial charge in [-0.25, -0.2) is 0 Å². The van der Waals surface area contributed by atoms with Gasteiger partial charge in [-0.15, -0.1) is 5.10 Å². The lowest BCUT2D eigenvalue weighted by Crippen LogP contribution is -2.07. The molecule has 0 aliphatic heterocycles. The Morgan fingerprint density at radius 2 is 2.18 bits per heavy atom. The number of nitrogen functional groups attached to an aromatic ring is 1. The topological polar surface area (TPSA) is 82.0 Å². The molecule has 1 heterocycles. The standard InChI is InChI=1S/C6H9N3O2/c1-3(2)4(10)5-8-9-6(7)11-5/h3H,1-2H3,(H2,7,9). The fourth-order valence-electron chi connectivity index (χ4n) is 0.581. The third kappa shape index (κ3) is 1.54. The van der Waals surface area contributed by atoms with Crippen molar-refractivity contribution in [3.63, 3.8) is 0 Å². The smallest absolute Gasteiger partial charge is 0.313 e. The Hall–Kier alpha value is -1.39. The van der Waals surface area contributed by atoms with Crippen LogP contribution >= 0.6 is 0 Å². The number of aromatic nitrogens is 2. The van der Waals surface area contributed by atoms with Gasteiger partial charge in [0, 0.05) is 5.92 Å². The van der Waals surface area contributed by atoms with Gasteiger partial charge in [0.1, 0.15) is 0 Å². The van der Waals surface area contributed by atoms with Crippen LogP contribution in [0.3, 0.4) is 0 Å². The van der Waals surface area contributed by atoms with E-state index in [1.165, 1.54) is 0 Å². The van der Waals surface area contributed by atoms with Crippen molar-refractivity contribution in [1.82, 2.24) is 10.2 Å². The van der Waals surface area contributed by atoms with Crippen LogP contribution in [0.1, 0.15) is 24.5 Å². The molecule has 0 atom stereocenters. The van der Waals surface area contributed by atoms with Gasteiger partial charge in [-0.2, -0.15) is 0 Å². The molecule has 1 aromatic rings. The minimum atomic E-state index is -0.186. The van der Waals surface area contributed by atoms with Crippen molar-refractivity contribution in [3.05, 3.63) is 5.89 Å². The van der Waals surface area contributed by atoms with E-state index in [9.17, 15) is 4.79 Å². The van der Waals surface area contributed by atoms with Gasteiger partial charge in [0.15, 0.2) is 0 Å². The molecule has 0 saturated heterocycles. The molecule has 5 heteroatoms. The van der Waals surface area contributed by atoms with Crippen LogP contribution in [0, 0.1) is 5.92 Å². The summed E-state index contributed by atoms with van der Waals surface area (Å²) in [5, 5.41) is 6.81. The summed E-state index contributed by atoms with van der Waals surface area (Å²) < 4.78 is 4.71. The second kappa shape index (κ2) is 2.69. The van der Waals surface area contributed by atoms with Crippen molar-refractivity contribution in [2.75, 3.05) is 5.73 Å². The third-order valence-electron chi connectivity index (χ3n) is 1.18. The number of nitrogens with two attached hydrogens (primary N) is 1. The lowest BCUT2D eigenvalue weighted by molar-refractivity contribution is 0.0905. The van der Waals surface area contributed by atoms with E-state index < -0.39 is 0 Å². The van der Waals surface area contributed by atoms with E-state index in [0.717, 1.165) is 0 Å². The number of anilines is 1. The van der Waals surface area contributed by atoms with Crippen molar-refractivity contribution in [3.8, 4) is 0 Å². The zero-order valence-corrected chi connectivity index (χ0v) is 6.37. The fourth-order valence-corrected chi connectivity index (χ4v) is 0.581. The highest BCUT2D eigenvalue weighted by Crippen LogP contribution is 2.07. The first-order valence-corrected chi connectivity index (χ1v) is 3.24. The second-order valence-corrected chi connectivity index (χ2v) is 2.46. The molecule has 0 spiro atoms. The molecule has 60 valence electrons. The molecule has 11 heavy (non-hydrogen) atoms. The van der Waals surface area contributed by atoms with E-state index in [1.807, 2.05) is 0 Å². The first kappa shape index (κ1) is 7.71. The van der Waals surface area contributed by atoms with E-state index in [-0.39, 0.29) is 23.6 Å². The molecule has 0 amide bonds. The molecule has 5 nitrogen and oxygen atoms in total. The summed E-state index contributed by atoms with van der Waals surface area (Å²) in [5.41, 5.74) is 5.12. The predicted octanol–water partition coefficient (Wildman–Crippen LogP) is 0.491. The van der Waals surface area contributed by atoms with Gasteiger partial charge in [-0.1, -0.05) is 18.9 Å². The van der Waals surface area contributed by atoms with E-state index in [1.54, 1.807) is 13.8 Å². The van der Waals surface area contributed by atoms with Crippen LogP contribution in [0.25, 0.3) is 0 Å². The summed E-state index contributed by atoms with van der Waals surface area (Å²) in [6.45, 7) is 3.51. The summed E-state index contributed by atoms with van der Waals surface area (Å²) in [7, 11) is 0. The Morgan fingerprint density at radius 1 is 1.55 bits per heavy atom. The molecule has 0 bridgehead atoms. The van der Waals surface area contributed by atoms with Crippen LogP contribution in [0.15, 0.2) is 4.42 Å². The predicted molar refractivity (Wildman–Crippen MR) is 37.9 cm³/mol. The number of carbonyl (C=O) groups excluding carboxylic acids is 1. The maximum atomic E-state index is 11.1. The first-order chi connectivity index (χ1) is 5.11. The number of Topliss-reactive ketones (excluding diaryl/α,β-unsaturated/α-hetero) is 1. The Balaban J connectivity index is 2.85. The number of nitrogens with zero attached hydrogens (tertiary/aromatic N) is 2. The van der Waals surface area contributed by atoms with Gasteiger partial charge in [-0.3, -0.25) is 4.79 Å². The minimum Gasteiger partial charge on any atom is -0.400 e. The monoisotopic (exact) mass is 155 g/mol. The van der Waals surface area contributed by atoms with Gasteiger partial charge in [0.25, 0.3) is 5.89 Å². The van der Waals surface area contributed by atoms with E-state index in [2.05, 4.69) is 10.2 Å². The largest absolute Gasteiger partial charge is 0.400 e. The highest BCUT2D eigenvalue weighted by Gasteiger charge is 2.16. The van der Waals surface area contributed by atoms with Crippen molar-refractivity contribution in [2.45, 2.75) is 13.8 Å². The molecular formula is C6H9N3O2. The van der Waals surface area contributed by atoms with Crippen molar-refractivity contribution < 1.29 is 9.21 Å². The highest BCUT2D eigenvalue weighted by molar-refractivity contribution is 5.93. The molecule has 0 saturated carbocycles. The van der Waals surface area contributed by atoms with Gasteiger partial charge >= 0.3 is 6.01 Å².